The van der Waals surface area contributed by atoms with Crippen LogP contribution < -0.4 is 10.6 Å². The molecule has 1 heterocycles. The molecule has 0 aliphatic rings. The summed E-state index contributed by atoms with van der Waals surface area (Å²) in [6, 6.07) is 10.0. The predicted molar refractivity (Wildman–Crippen MR) is 146 cm³/mol. The van der Waals surface area contributed by atoms with Crippen LogP contribution in [0.4, 0.5) is 17.3 Å². The van der Waals surface area contributed by atoms with E-state index in [1.165, 1.54) is 88.9 Å². The first kappa shape index (κ1) is 28.5. The van der Waals surface area contributed by atoms with Crippen molar-refractivity contribution in [3.8, 4) is 0 Å². The molecule has 0 unspecified atom stereocenters. The second kappa shape index (κ2) is 18.6. The van der Waals surface area contributed by atoms with Crippen LogP contribution in [-0.2, 0) is 6.42 Å². The highest BCUT2D eigenvalue weighted by atomic mass is 16.6. The van der Waals surface area contributed by atoms with E-state index < -0.39 is 4.92 Å². The summed E-state index contributed by atoms with van der Waals surface area (Å²) in [5.74, 6) is 0.561. The highest BCUT2D eigenvalue weighted by Crippen LogP contribution is 2.28. The fourth-order valence-electron chi connectivity index (χ4n) is 4.31. The highest BCUT2D eigenvalue weighted by Gasteiger charge is 2.22. The number of nitro groups is 1. The summed E-state index contributed by atoms with van der Waals surface area (Å²) in [7, 11) is 0. The van der Waals surface area contributed by atoms with Crippen molar-refractivity contribution in [1.82, 2.24) is 9.97 Å². The van der Waals surface area contributed by atoms with Crippen molar-refractivity contribution in [3.63, 3.8) is 0 Å². The van der Waals surface area contributed by atoms with Gasteiger partial charge in [0.05, 0.1) is 4.92 Å². The van der Waals surface area contributed by atoms with Gasteiger partial charge in [0.25, 0.3) is 0 Å². The molecule has 35 heavy (non-hydrogen) atoms. The van der Waals surface area contributed by atoms with E-state index in [1.54, 1.807) is 0 Å². The van der Waals surface area contributed by atoms with Crippen molar-refractivity contribution in [1.29, 1.82) is 0 Å². The average Bonchev–Trinajstić information content (AvgIpc) is 2.87. The first-order chi connectivity index (χ1) is 17.2. The number of rotatable bonds is 21. The first-order valence-electron chi connectivity index (χ1n) is 13.7. The molecule has 1 aromatic heterocycles. The van der Waals surface area contributed by atoms with Crippen LogP contribution in [0.3, 0.4) is 0 Å². The fraction of sp³-hybridized carbons (Fsp3) is 0.643. The van der Waals surface area contributed by atoms with Crippen molar-refractivity contribution in [3.05, 3.63) is 52.3 Å². The van der Waals surface area contributed by atoms with Crippen LogP contribution in [-0.4, -0.2) is 28.0 Å². The Hall–Kier alpha value is -2.70. The summed E-state index contributed by atoms with van der Waals surface area (Å²) in [5, 5.41) is 17.9. The minimum atomic E-state index is -0.404. The molecule has 0 saturated heterocycles. The third-order valence-electron chi connectivity index (χ3n) is 6.38. The molecule has 0 radical (unpaired) electrons. The lowest BCUT2D eigenvalue weighted by molar-refractivity contribution is -0.383. The number of nitrogens with one attached hydrogen (secondary N) is 2. The predicted octanol–water partition coefficient (Wildman–Crippen LogP) is 7.93. The molecular weight excluding hydrogens is 438 g/mol. The summed E-state index contributed by atoms with van der Waals surface area (Å²) < 4.78 is 0. The average molecular weight is 484 g/mol. The summed E-state index contributed by atoms with van der Waals surface area (Å²) >= 11 is 0. The van der Waals surface area contributed by atoms with E-state index in [1.807, 2.05) is 30.3 Å². The number of hydrogen-bond acceptors (Lipinski definition) is 6. The molecule has 7 heteroatoms. The number of aromatic nitrogens is 2. The van der Waals surface area contributed by atoms with Gasteiger partial charge in [-0.15, -0.1) is 0 Å². The van der Waals surface area contributed by atoms with Crippen LogP contribution in [0.25, 0.3) is 0 Å². The zero-order chi connectivity index (χ0) is 25.0. The number of anilines is 2. The molecule has 0 spiro atoms. The van der Waals surface area contributed by atoms with Crippen molar-refractivity contribution in [2.75, 3.05) is 23.7 Å². The van der Waals surface area contributed by atoms with Crippen molar-refractivity contribution >= 4 is 17.3 Å². The zero-order valence-corrected chi connectivity index (χ0v) is 21.6. The van der Waals surface area contributed by atoms with Gasteiger partial charge in [0, 0.05) is 13.1 Å². The molecule has 194 valence electrons. The summed E-state index contributed by atoms with van der Waals surface area (Å²) in [6.45, 7) is 3.52. The van der Waals surface area contributed by atoms with E-state index in [0.29, 0.717) is 18.9 Å². The second-order valence-electron chi connectivity index (χ2n) is 9.36. The minimum Gasteiger partial charge on any atom is -0.364 e. The third-order valence-corrected chi connectivity index (χ3v) is 6.38. The Labute approximate surface area is 211 Å². The van der Waals surface area contributed by atoms with Gasteiger partial charge in [-0.05, 0) is 18.4 Å². The van der Waals surface area contributed by atoms with E-state index >= 15 is 0 Å². The molecule has 2 aromatic rings. The van der Waals surface area contributed by atoms with Gasteiger partial charge < -0.3 is 10.6 Å². The Morgan fingerprint density at radius 1 is 0.714 bits per heavy atom. The molecule has 2 rings (SSSR count). The van der Waals surface area contributed by atoms with Gasteiger partial charge in [-0.2, -0.15) is 0 Å². The topological polar surface area (TPSA) is 93.0 Å². The van der Waals surface area contributed by atoms with Gasteiger partial charge in [0.1, 0.15) is 6.33 Å². The van der Waals surface area contributed by atoms with E-state index in [0.717, 1.165) is 19.3 Å². The summed E-state index contributed by atoms with van der Waals surface area (Å²) in [5.41, 5.74) is 1.10. The quantitative estimate of drug-likeness (QED) is 0.106. The van der Waals surface area contributed by atoms with Crippen molar-refractivity contribution < 1.29 is 4.92 Å². The lowest BCUT2D eigenvalue weighted by atomic mass is 10.0. The van der Waals surface area contributed by atoms with Gasteiger partial charge in [0.2, 0.25) is 11.6 Å². The molecular formula is C28H45N5O2. The van der Waals surface area contributed by atoms with Crippen molar-refractivity contribution in [2.24, 2.45) is 0 Å². The molecule has 0 bridgehead atoms. The Balaban J connectivity index is 1.57. The first-order valence-corrected chi connectivity index (χ1v) is 13.7. The number of benzene rings is 1. The Morgan fingerprint density at radius 2 is 1.20 bits per heavy atom. The van der Waals surface area contributed by atoms with Crippen LogP contribution in [0.1, 0.15) is 102 Å². The molecule has 0 saturated carbocycles. The standard InChI is InChI=1S/C28H45N5O2/c1-2-3-4-5-6-7-8-9-10-11-12-13-14-18-22-29-27-26(33(34)35)28(32-24-31-27)30-23-21-25-19-16-15-17-20-25/h15-17,19-20,24H,2-14,18,21-23H2,1H3,(H2,29,30,31,32). The maximum atomic E-state index is 11.7. The summed E-state index contributed by atoms with van der Waals surface area (Å²) in [4.78, 5) is 19.5. The molecule has 2 N–H and O–H groups in total. The van der Waals surface area contributed by atoms with E-state index in [9.17, 15) is 10.1 Å². The molecule has 7 nitrogen and oxygen atoms in total. The fourth-order valence-corrected chi connectivity index (χ4v) is 4.31. The highest BCUT2D eigenvalue weighted by molar-refractivity contribution is 5.69. The number of nitrogens with zero attached hydrogens (tertiary/aromatic N) is 3. The van der Waals surface area contributed by atoms with Crippen LogP contribution in [0.5, 0.6) is 0 Å². The van der Waals surface area contributed by atoms with Gasteiger partial charge in [-0.3, -0.25) is 10.1 Å². The van der Waals surface area contributed by atoms with Crippen LogP contribution in [0.15, 0.2) is 36.7 Å². The van der Waals surface area contributed by atoms with E-state index in [2.05, 4.69) is 27.5 Å². The second-order valence-corrected chi connectivity index (χ2v) is 9.36. The molecule has 0 amide bonds. The van der Waals surface area contributed by atoms with Crippen LogP contribution >= 0.6 is 0 Å². The molecule has 0 aliphatic carbocycles. The summed E-state index contributed by atoms with van der Waals surface area (Å²) in [6.07, 6.45) is 20.5. The van der Waals surface area contributed by atoms with Crippen molar-refractivity contribution in [2.45, 2.75) is 103 Å². The van der Waals surface area contributed by atoms with Gasteiger partial charge in [0.15, 0.2) is 0 Å². The van der Waals surface area contributed by atoms with E-state index in [4.69, 9.17) is 0 Å². The Bertz CT molecular complexity index is 816. The lowest BCUT2D eigenvalue weighted by Gasteiger charge is -2.10. The van der Waals surface area contributed by atoms with Gasteiger partial charge in [-0.25, -0.2) is 9.97 Å². The molecule has 0 aliphatic heterocycles. The molecule has 1 aromatic carbocycles. The Morgan fingerprint density at radius 3 is 1.71 bits per heavy atom. The normalized spacial score (nSPS) is 10.9. The molecule has 0 fully saturated rings. The maximum absolute atomic E-state index is 11.7. The monoisotopic (exact) mass is 483 g/mol. The number of hydrogen-bond donors (Lipinski definition) is 2. The minimum absolute atomic E-state index is 0.0778. The third kappa shape index (κ3) is 12.5. The number of unbranched alkanes of at least 4 members (excludes halogenated alkanes) is 13. The Kier molecular flexibility index (Phi) is 15.2. The maximum Gasteiger partial charge on any atom is 0.353 e. The SMILES string of the molecule is CCCCCCCCCCCCCCCCNc1ncnc(NCCc2ccccc2)c1[N+](=O)[O-]. The zero-order valence-electron chi connectivity index (χ0n) is 21.6. The lowest BCUT2D eigenvalue weighted by Crippen LogP contribution is -2.12. The van der Waals surface area contributed by atoms with E-state index in [-0.39, 0.29) is 11.5 Å². The van der Waals surface area contributed by atoms with Gasteiger partial charge in [-0.1, -0.05) is 121 Å². The largest absolute Gasteiger partial charge is 0.364 e. The van der Waals surface area contributed by atoms with Crippen LogP contribution in [0.2, 0.25) is 0 Å². The smallest absolute Gasteiger partial charge is 0.353 e. The van der Waals surface area contributed by atoms with Gasteiger partial charge >= 0.3 is 5.69 Å². The van der Waals surface area contributed by atoms with Crippen LogP contribution in [0, 0.1) is 10.1 Å². The molecule has 0 atom stereocenters.